The molecule has 0 radical (unpaired) electrons. The van der Waals surface area contributed by atoms with Crippen molar-refractivity contribution in [2.24, 2.45) is 0 Å². The predicted molar refractivity (Wildman–Crippen MR) is 153 cm³/mol. The topological polar surface area (TPSA) is 88.6 Å². The number of fused-ring (bicyclic) bond motifs is 4. The molecule has 0 bridgehead atoms. The molecule has 0 aliphatic carbocycles. The summed E-state index contributed by atoms with van der Waals surface area (Å²) in [5.41, 5.74) is 7.38. The molecule has 3 aromatic heterocycles. The van der Waals surface area contributed by atoms with E-state index in [1.165, 1.54) is 0 Å². The van der Waals surface area contributed by atoms with E-state index in [9.17, 15) is 0 Å². The number of methoxy groups -OCH3 is 1. The molecule has 9 nitrogen and oxygen atoms in total. The van der Waals surface area contributed by atoms with E-state index in [1.54, 1.807) is 18.0 Å². The zero-order valence-corrected chi connectivity index (χ0v) is 23.2. The number of benzene rings is 3. The van der Waals surface area contributed by atoms with Crippen LogP contribution in [0.15, 0.2) is 79.1 Å². The maximum absolute atomic E-state index is 6.51. The summed E-state index contributed by atoms with van der Waals surface area (Å²) in [5, 5.41) is 9.60. The molecular formula is C32H28N6O3. The lowest BCUT2D eigenvalue weighted by molar-refractivity contribution is 0.292. The molecule has 0 spiro atoms. The first-order chi connectivity index (χ1) is 20.0. The van der Waals surface area contributed by atoms with Gasteiger partial charge in [0.15, 0.2) is 11.5 Å². The highest BCUT2D eigenvalue weighted by Crippen LogP contribution is 2.49. The van der Waals surface area contributed by atoms with Gasteiger partial charge in [-0.15, -0.1) is 5.10 Å². The molecule has 0 saturated heterocycles. The van der Waals surface area contributed by atoms with E-state index < -0.39 is 0 Å². The van der Waals surface area contributed by atoms with E-state index in [0.29, 0.717) is 23.2 Å². The summed E-state index contributed by atoms with van der Waals surface area (Å²) in [7, 11) is 1.66. The number of nitrogens with zero attached hydrogens (tertiary/aromatic N) is 6. The van der Waals surface area contributed by atoms with Crippen LogP contribution >= 0.6 is 0 Å². The molecule has 6 aromatic rings. The van der Waals surface area contributed by atoms with Crippen LogP contribution in [-0.4, -0.2) is 36.5 Å². The summed E-state index contributed by atoms with van der Waals surface area (Å²) in [6, 6.07) is 24.1. The Morgan fingerprint density at radius 2 is 1.61 bits per heavy atom. The fourth-order valence-electron chi connectivity index (χ4n) is 5.52. The maximum Gasteiger partial charge on any atom is 0.230 e. The van der Waals surface area contributed by atoms with Gasteiger partial charge in [0.25, 0.3) is 0 Å². The average Bonchev–Trinajstić information content (AvgIpc) is 3.57. The molecule has 0 N–H and O–H groups in total. The van der Waals surface area contributed by atoms with Gasteiger partial charge in [0.2, 0.25) is 11.8 Å². The van der Waals surface area contributed by atoms with Gasteiger partial charge in [-0.2, -0.15) is 5.10 Å². The lowest BCUT2D eigenvalue weighted by Crippen LogP contribution is -2.16. The van der Waals surface area contributed by atoms with E-state index in [4.69, 9.17) is 34.4 Å². The zero-order chi connectivity index (χ0) is 28.1. The van der Waals surface area contributed by atoms with Crippen LogP contribution in [0.5, 0.6) is 23.3 Å². The minimum absolute atomic E-state index is 0.229. The zero-order valence-electron chi connectivity index (χ0n) is 23.2. The maximum atomic E-state index is 6.51. The highest BCUT2D eigenvalue weighted by atomic mass is 16.5. The minimum atomic E-state index is -0.245. The molecule has 1 unspecified atom stereocenters. The van der Waals surface area contributed by atoms with Crippen molar-refractivity contribution >= 4 is 5.65 Å². The highest BCUT2D eigenvalue weighted by molar-refractivity contribution is 5.66. The van der Waals surface area contributed by atoms with Crippen LogP contribution < -0.4 is 14.2 Å². The van der Waals surface area contributed by atoms with Gasteiger partial charge < -0.3 is 14.2 Å². The number of aryl methyl sites for hydroxylation is 3. The fraction of sp³-hybridized carbons (Fsp3) is 0.188. The van der Waals surface area contributed by atoms with Crippen molar-refractivity contribution < 1.29 is 14.2 Å². The summed E-state index contributed by atoms with van der Waals surface area (Å²) in [6.45, 7) is 6.30. The van der Waals surface area contributed by atoms with Crippen molar-refractivity contribution in [3.05, 3.63) is 118 Å². The van der Waals surface area contributed by atoms with E-state index in [-0.39, 0.29) is 12.5 Å². The minimum Gasteiger partial charge on any atom is -0.497 e. The molecule has 204 valence electrons. The van der Waals surface area contributed by atoms with Crippen LogP contribution in [0.2, 0.25) is 0 Å². The van der Waals surface area contributed by atoms with E-state index in [1.807, 2.05) is 86.1 Å². The number of hydrogen-bond donors (Lipinski definition) is 0. The second kappa shape index (κ2) is 9.78. The van der Waals surface area contributed by atoms with Crippen molar-refractivity contribution in [2.45, 2.75) is 33.3 Å². The van der Waals surface area contributed by atoms with Crippen molar-refractivity contribution in [3.63, 3.8) is 0 Å². The smallest absolute Gasteiger partial charge is 0.230 e. The molecule has 1 aliphatic rings. The van der Waals surface area contributed by atoms with E-state index >= 15 is 0 Å². The molecule has 0 saturated carbocycles. The van der Waals surface area contributed by atoms with E-state index in [0.717, 1.165) is 50.7 Å². The molecule has 0 amide bonds. The largest absolute Gasteiger partial charge is 0.497 e. The number of rotatable bonds is 6. The van der Waals surface area contributed by atoms with Gasteiger partial charge in [0.1, 0.15) is 24.4 Å². The van der Waals surface area contributed by atoms with Crippen LogP contribution in [-0.2, 0) is 6.61 Å². The number of aromatic nitrogens is 6. The van der Waals surface area contributed by atoms with Gasteiger partial charge >= 0.3 is 0 Å². The molecule has 1 aliphatic heterocycles. The Balaban J connectivity index is 1.37. The fourth-order valence-corrected chi connectivity index (χ4v) is 5.52. The molecule has 9 heteroatoms. The highest BCUT2D eigenvalue weighted by Gasteiger charge is 2.38. The Morgan fingerprint density at radius 3 is 2.34 bits per heavy atom. The van der Waals surface area contributed by atoms with E-state index in [2.05, 4.69) is 12.1 Å². The van der Waals surface area contributed by atoms with Crippen molar-refractivity contribution in [1.82, 2.24) is 29.4 Å². The Kier molecular flexibility index (Phi) is 5.92. The second-order valence-electron chi connectivity index (χ2n) is 10.1. The van der Waals surface area contributed by atoms with Crippen LogP contribution in [0.3, 0.4) is 0 Å². The number of hydrogen-bond acceptors (Lipinski definition) is 7. The van der Waals surface area contributed by atoms with Gasteiger partial charge in [-0.1, -0.05) is 48.5 Å². The molecule has 4 heterocycles. The normalized spacial score (nSPS) is 13.9. The Labute approximate surface area is 237 Å². The SMILES string of the molecule is COc1ccc(C2c3c(C)nn(-c4ccccc4)c3Oc3ncn4nc(COc5c(C)cccc5C)nc4c32)cc1. The van der Waals surface area contributed by atoms with Crippen molar-refractivity contribution in [2.75, 3.05) is 7.11 Å². The average molecular weight is 545 g/mol. The van der Waals surface area contributed by atoms with Gasteiger partial charge in [-0.25, -0.2) is 19.2 Å². The van der Waals surface area contributed by atoms with Crippen LogP contribution in [0.4, 0.5) is 0 Å². The van der Waals surface area contributed by atoms with Gasteiger partial charge in [-0.05, 0) is 61.7 Å². The van der Waals surface area contributed by atoms with Gasteiger partial charge in [-0.3, -0.25) is 0 Å². The first-order valence-corrected chi connectivity index (χ1v) is 13.4. The summed E-state index contributed by atoms with van der Waals surface area (Å²) < 4.78 is 21.7. The third-order valence-electron chi connectivity index (χ3n) is 7.47. The lowest BCUT2D eigenvalue weighted by Gasteiger charge is -2.26. The first kappa shape index (κ1) is 24.8. The molecule has 3 aromatic carbocycles. The Hall–Kier alpha value is -5.18. The third-order valence-corrected chi connectivity index (χ3v) is 7.47. The quantitative estimate of drug-likeness (QED) is 0.250. The summed E-state index contributed by atoms with van der Waals surface area (Å²) in [4.78, 5) is 9.62. The number of para-hydroxylation sites is 2. The van der Waals surface area contributed by atoms with Crippen LogP contribution in [0.1, 0.15) is 45.3 Å². The van der Waals surface area contributed by atoms with Crippen molar-refractivity contribution in [1.29, 1.82) is 0 Å². The van der Waals surface area contributed by atoms with Gasteiger partial charge in [0, 0.05) is 0 Å². The Bertz CT molecular complexity index is 1870. The molecule has 1 atom stereocenters. The first-order valence-electron chi connectivity index (χ1n) is 13.4. The van der Waals surface area contributed by atoms with Crippen molar-refractivity contribution in [3.8, 4) is 28.9 Å². The number of ether oxygens (including phenoxy) is 3. The predicted octanol–water partition coefficient (Wildman–Crippen LogP) is 6.11. The van der Waals surface area contributed by atoms with Gasteiger partial charge in [0.05, 0.1) is 35.5 Å². The summed E-state index contributed by atoms with van der Waals surface area (Å²) >= 11 is 0. The molecule has 7 rings (SSSR count). The molecular weight excluding hydrogens is 516 g/mol. The monoisotopic (exact) mass is 544 g/mol. The molecule has 0 fully saturated rings. The molecule has 41 heavy (non-hydrogen) atoms. The lowest BCUT2D eigenvalue weighted by atomic mass is 9.84. The standard InChI is InChI=1S/C32H28N6O3/c1-19-9-8-10-20(2)29(19)40-17-25-34-30-28-27(22-13-15-24(39-4)16-14-22)26-21(3)35-38(23-11-6-5-7-12-23)32(26)41-31(28)33-18-37(30)36-25/h5-16,18,27H,17H2,1-4H3. The second-order valence-corrected chi connectivity index (χ2v) is 10.1. The Morgan fingerprint density at radius 1 is 0.854 bits per heavy atom. The van der Waals surface area contributed by atoms with Crippen LogP contribution in [0, 0.1) is 20.8 Å². The third kappa shape index (κ3) is 4.17. The summed E-state index contributed by atoms with van der Waals surface area (Å²) in [6.07, 6.45) is 1.63. The summed E-state index contributed by atoms with van der Waals surface area (Å²) in [5.74, 6) is 3.04. The van der Waals surface area contributed by atoms with Crippen LogP contribution in [0.25, 0.3) is 11.3 Å².